The first-order valence-corrected chi connectivity index (χ1v) is 7.64. The van der Waals surface area contributed by atoms with Crippen LogP contribution in [0, 0.1) is 0 Å². The van der Waals surface area contributed by atoms with Crippen molar-refractivity contribution in [3.63, 3.8) is 0 Å². The Morgan fingerprint density at radius 3 is 2.22 bits per heavy atom. The molecule has 0 aliphatic rings. The van der Waals surface area contributed by atoms with Crippen LogP contribution in [0.5, 0.6) is 0 Å². The summed E-state index contributed by atoms with van der Waals surface area (Å²) in [6.07, 6.45) is 3.70. The lowest BCUT2D eigenvalue weighted by atomic mass is 9.98. The van der Waals surface area contributed by atoms with Crippen molar-refractivity contribution >= 4 is 17.5 Å². The first-order chi connectivity index (χ1) is 11.1. The molecule has 23 heavy (non-hydrogen) atoms. The number of hydrogen-bond acceptors (Lipinski definition) is 1. The number of primary amides is 1. The predicted molar refractivity (Wildman–Crippen MR) is 90.3 cm³/mol. The number of rotatable bonds is 4. The monoisotopic (exact) mass is 323 g/mol. The topological polar surface area (TPSA) is 47.0 Å². The molecule has 3 aromatic rings. The highest BCUT2D eigenvalue weighted by atomic mass is 35.5. The molecule has 3 nitrogen and oxygen atoms in total. The summed E-state index contributed by atoms with van der Waals surface area (Å²) in [5, 5.41) is 0.691. The van der Waals surface area contributed by atoms with E-state index in [1.807, 2.05) is 59.3 Å². The number of nitrogens with two attached hydrogens (primary N) is 1. The maximum Gasteiger partial charge on any atom is 0.254 e. The van der Waals surface area contributed by atoms with Crippen molar-refractivity contribution in [3.8, 4) is 0 Å². The zero-order valence-corrected chi connectivity index (χ0v) is 13.1. The molecule has 1 heterocycles. The Morgan fingerprint density at radius 2 is 1.57 bits per heavy atom. The predicted octanol–water partition coefficient (Wildman–Crippen LogP) is 3.36. The third kappa shape index (κ3) is 3.41. The van der Waals surface area contributed by atoms with E-state index in [0.717, 1.165) is 11.1 Å². The molecule has 2 N–H and O–H groups in total. The SMILES string of the molecule is NC(=O)c1ccc[n+]([C@@H](c2ccccc2)c2ccc(Cl)cc2)c1. The van der Waals surface area contributed by atoms with Crippen LogP contribution in [0.25, 0.3) is 0 Å². The molecule has 114 valence electrons. The number of halogens is 1. The second kappa shape index (κ2) is 6.63. The van der Waals surface area contributed by atoms with E-state index in [1.165, 1.54) is 0 Å². The summed E-state index contributed by atoms with van der Waals surface area (Å²) in [7, 11) is 0. The molecule has 0 unspecified atom stereocenters. The average Bonchev–Trinajstić information content (AvgIpc) is 2.58. The van der Waals surface area contributed by atoms with E-state index in [4.69, 9.17) is 17.3 Å². The molecule has 0 saturated carbocycles. The Balaban J connectivity index is 2.14. The second-order valence-electron chi connectivity index (χ2n) is 5.27. The molecular formula is C19H16ClN2O+. The lowest BCUT2D eigenvalue weighted by Crippen LogP contribution is -2.41. The van der Waals surface area contributed by atoms with Crippen molar-refractivity contribution in [2.75, 3.05) is 0 Å². The normalized spacial score (nSPS) is 11.9. The molecule has 0 aliphatic carbocycles. The van der Waals surface area contributed by atoms with Gasteiger partial charge >= 0.3 is 0 Å². The van der Waals surface area contributed by atoms with Gasteiger partial charge in [0.25, 0.3) is 5.91 Å². The largest absolute Gasteiger partial charge is 0.365 e. The number of benzene rings is 2. The minimum atomic E-state index is -0.442. The Hall–Kier alpha value is -2.65. The van der Waals surface area contributed by atoms with Crippen LogP contribution in [-0.4, -0.2) is 5.91 Å². The summed E-state index contributed by atoms with van der Waals surface area (Å²) in [5.74, 6) is -0.442. The summed E-state index contributed by atoms with van der Waals surface area (Å²) < 4.78 is 1.98. The smallest absolute Gasteiger partial charge is 0.254 e. The molecule has 4 heteroatoms. The third-order valence-corrected chi connectivity index (χ3v) is 3.96. The first kappa shape index (κ1) is 15.3. The maximum absolute atomic E-state index is 11.5. The van der Waals surface area contributed by atoms with Crippen LogP contribution in [0.4, 0.5) is 0 Å². The number of amides is 1. The van der Waals surface area contributed by atoms with Crippen molar-refractivity contribution in [3.05, 3.63) is 101 Å². The molecule has 0 spiro atoms. The van der Waals surface area contributed by atoms with Crippen LogP contribution in [0.3, 0.4) is 0 Å². The molecule has 0 bridgehead atoms. The van der Waals surface area contributed by atoms with E-state index in [9.17, 15) is 4.79 Å². The fourth-order valence-corrected chi connectivity index (χ4v) is 2.74. The van der Waals surface area contributed by atoms with Gasteiger partial charge in [-0.3, -0.25) is 4.79 Å². The summed E-state index contributed by atoms with van der Waals surface area (Å²) >= 11 is 6.01. The molecule has 0 fully saturated rings. The highest BCUT2D eigenvalue weighted by molar-refractivity contribution is 6.30. The van der Waals surface area contributed by atoms with Crippen LogP contribution >= 0.6 is 11.6 Å². The summed E-state index contributed by atoms with van der Waals surface area (Å²) in [6, 6.07) is 21.3. The molecule has 1 aromatic heterocycles. The summed E-state index contributed by atoms with van der Waals surface area (Å²) in [5.41, 5.74) is 8.07. The Kier molecular flexibility index (Phi) is 4.40. The quantitative estimate of drug-likeness (QED) is 0.735. The minimum Gasteiger partial charge on any atom is -0.365 e. The lowest BCUT2D eigenvalue weighted by Gasteiger charge is -2.14. The van der Waals surface area contributed by atoms with Crippen molar-refractivity contribution < 1.29 is 9.36 Å². The van der Waals surface area contributed by atoms with E-state index in [-0.39, 0.29) is 6.04 Å². The van der Waals surface area contributed by atoms with Crippen LogP contribution in [0.15, 0.2) is 79.1 Å². The van der Waals surface area contributed by atoms with Gasteiger partial charge in [0.15, 0.2) is 12.4 Å². The van der Waals surface area contributed by atoms with Crippen molar-refractivity contribution in [2.45, 2.75) is 6.04 Å². The summed E-state index contributed by atoms with van der Waals surface area (Å²) in [6.45, 7) is 0. The number of carbonyl (C=O) groups is 1. The van der Waals surface area contributed by atoms with E-state index in [1.54, 1.807) is 12.3 Å². The van der Waals surface area contributed by atoms with E-state index < -0.39 is 5.91 Å². The van der Waals surface area contributed by atoms with Gasteiger partial charge in [-0.2, -0.15) is 4.57 Å². The Bertz CT molecular complexity index is 816. The highest BCUT2D eigenvalue weighted by Crippen LogP contribution is 2.23. The van der Waals surface area contributed by atoms with E-state index in [2.05, 4.69) is 12.1 Å². The average molecular weight is 324 g/mol. The van der Waals surface area contributed by atoms with Gasteiger partial charge in [0.1, 0.15) is 5.56 Å². The van der Waals surface area contributed by atoms with Crippen LogP contribution < -0.4 is 10.3 Å². The van der Waals surface area contributed by atoms with Gasteiger partial charge in [0.05, 0.1) is 0 Å². The number of hydrogen-bond donors (Lipinski definition) is 1. The van der Waals surface area contributed by atoms with E-state index >= 15 is 0 Å². The van der Waals surface area contributed by atoms with Crippen LogP contribution in [0.2, 0.25) is 5.02 Å². The fraction of sp³-hybridized carbons (Fsp3) is 0.0526. The van der Waals surface area contributed by atoms with E-state index in [0.29, 0.717) is 10.6 Å². The van der Waals surface area contributed by atoms with Gasteiger partial charge in [-0.05, 0) is 18.2 Å². The number of aromatic nitrogens is 1. The van der Waals surface area contributed by atoms with Crippen molar-refractivity contribution in [2.24, 2.45) is 5.73 Å². The van der Waals surface area contributed by atoms with Crippen LogP contribution in [0.1, 0.15) is 27.5 Å². The third-order valence-electron chi connectivity index (χ3n) is 3.71. The zero-order valence-electron chi connectivity index (χ0n) is 12.4. The highest BCUT2D eigenvalue weighted by Gasteiger charge is 2.24. The molecule has 0 aliphatic heterocycles. The van der Waals surface area contributed by atoms with Crippen molar-refractivity contribution in [1.29, 1.82) is 0 Å². The molecule has 1 amide bonds. The second-order valence-corrected chi connectivity index (χ2v) is 5.71. The number of pyridine rings is 1. The van der Waals surface area contributed by atoms with Gasteiger partial charge in [0.2, 0.25) is 6.04 Å². The molecule has 0 saturated heterocycles. The molecule has 1 atom stereocenters. The Morgan fingerprint density at radius 1 is 0.913 bits per heavy atom. The summed E-state index contributed by atoms with van der Waals surface area (Å²) in [4.78, 5) is 11.5. The van der Waals surface area contributed by atoms with Crippen LogP contribution in [-0.2, 0) is 0 Å². The Labute approximate surface area is 140 Å². The molecule has 2 aromatic carbocycles. The number of nitrogens with zero attached hydrogens (tertiary/aromatic N) is 1. The zero-order chi connectivity index (χ0) is 16.2. The van der Waals surface area contributed by atoms with Gasteiger partial charge in [0, 0.05) is 22.2 Å². The molecule has 3 rings (SSSR count). The standard InChI is InChI=1S/C19H15ClN2O/c20-17-10-8-15(9-11-17)18(14-5-2-1-3-6-14)22-12-4-7-16(13-22)19(21)23/h1-13,18H,(H-,21,23)/p+1/t18-/m0/s1. The number of carbonyl (C=O) groups excluding carboxylic acids is 1. The lowest BCUT2D eigenvalue weighted by molar-refractivity contribution is -0.705. The fourth-order valence-electron chi connectivity index (χ4n) is 2.62. The minimum absolute atomic E-state index is 0.0623. The van der Waals surface area contributed by atoms with Gasteiger partial charge in [-0.25, -0.2) is 0 Å². The maximum atomic E-state index is 11.5. The molecule has 0 radical (unpaired) electrons. The first-order valence-electron chi connectivity index (χ1n) is 7.26. The van der Waals surface area contributed by atoms with Crippen molar-refractivity contribution in [1.82, 2.24) is 0 Å². The van der Waals surface area contributed by atoms with Gasteiger partial charge in [-0.15, -0.1) is 0 Å². The van der Waals surface area contributed by atoms with Gasteiger partial charge in [-0.1, -0.05) is 54.1 Å². The molecular weight excluding hydrogens is 308 g/mol. The van der Waals surface area contributed by atoms with Gasteiger partial charge < -0.3 is 5.73 Å².